The van der Waals surface area contributed by atoms with Crippen LogP contribution in [0.3, 0.4) is 0 Å². The summed E-state index contributed by atoms with van der Waals surface area (Å²) < 4.78 is 0. The van der Waals surface area contributed by atoms with Crippen molar-refractivity contribution in [1.29, 1.82) is 0 Å². The van der Waals surface area contributed by atoms with Crippen LogP contribution in [0, 0.1) is 0 Å². The Hall–Kier alpha value is -1.55. The molecule has 0 aromatic heterocycles. The van der Waals surface area contributed by atoms with Gasteiger partial charge in [0.2, 0.25) is 0 Å². The van der Waals surface area contributed by atoms with Crippen LogP contribution in [0.15, 0.2) is 24.3 Å². The number of likely N-dealkylation sites (tertiary alicyclic amines) is 1. The first-order chi connectivity index (χ1) is 8.69. The van der Waals surface area contributed by atoms with E-state index in [0.717, 1.165) is 37.2 Å². The molecule has 2 N–H and O–H groups in total. The summed E-state index contributed by atoms with van der Waals surface area (Å²) in [5, 5.41) is 6.14. The van der Waals surface area contributed by atoms with E-state index in [1.165, 1.54) is 0 Å². The van der Waals surface area contributed by atoms with E-state index in [9.17, 15) is 4.79 Å². The maximum Gasteiger partial charge on any atom is 0.251 e. The second kappa shape index (κ2) is 5.87. The third-order valence-corrected chi connectivity index (χ3v) is 3.40. The van der Waals surface area contributed by atoms with E-state index in [-0.39, 0.29) is 11.9 Å². The zero-order chi connectivity index (χ0) is 13.0. The second-order valence-electron chi connectivity index (χ2n) is 4.90. The van der Waals surface area contributed by atoms with Crippen LogP contribution in [0.2, 0.25) is 0 Å². The number of hydrogen-bond donors (Lipinski definition) is 2. The lowest BCUT2D eigenvalue weighted by Gasteiger charge is -2.30. The van der Waals surface area contributed by atoms with Crippen molar-refractivity contribution in [3.8, 4) is 0 Å². The molecule has 1 saturated heterocycles. The molecule has 0 bridgehead atoms. The van der Waals surface area contributed by atoms with Gasteiger partial charge in [0.25, 0.3) is 5.91 Å². The number of carbonyl (C=O) groups excluding carboxylic acids is 1. The van der Waals surface area contributed by atoms with Crippen molar-refractivity contribution in [2.75, 3.05) is 32.5 Å². The van der Waals surface area contributed by atoms with Gasteiger partial charge >= 0.3 is 0 Å². The fourth-order valence-corrected chi connectivity index (χ4v) is 2.34. The summed E-state index contributed by atoms with van der Waals surface area (Å²) in [5.74, 6) is 0.0259. The van der Waals surface area contributed by atoms with Crippen molar-refractivity contribution in [3.63, 3.8) is 0 Å². The summed E-state index contributed by atoms with van der Waals surface area (Å²) in [4.78, 5) is 14.3. The molecule has 18 heavy (non-hydrogen) atoms. The lowest BCUT2D eigenvalue weighted by atomic mass is 10.1. The van der Waals surface area contributed by atoms with Gasteiger partial charge in [-0.1, -0.05) is 0 Å². The van der Waals surface area contributed by atoms with Crippen molar-refractivity contribution < 1.29 is 4.79 Å². The van der Waals surface area contributed by atoms with Crippen molar-refractivity contribution in [1.82, 2.24) is 10.2 Å². The van der Waals surface area contributed by atoms with Crippen LogP contribution in [0.25, 0.3) is 0 Å². The Labute approximate surface area is 108 Å². The molecule has 4 nitrogen and oxygen atoms in total. The first-order valence-corrected chi connectivity index (χ1v) is 6.46. The maximum absolute atomic E-state index is 12.1. The number of carbonyl (C=O) groups is 1. The summed E-state index contributed by atoms with van der Waals surface area (Å²) in [7, 11) is 3.97. The molecule has 1 atom stereocenters. The van der Waals surface area contributed by atoms with E-state index in [1.807, 2.05) is 31.3 Å². The van der Waals surface area contributed by atoms with Gasteiger partial charge < -0.3 is 15.5 Å². The van der Waals surface area contributed by atoms with E-state index in [1.54, 1.807) is 0 Å². The predicted molar refractivity (Wildman–Crippen MR) is 74.0 cm³/mol. The predicted octanol–water partition coefficient (Wildman–Crippen LogP) is 1.55. The zero-order valence-electron chi connectivity index (χ0n) is 11.1. The highest BCUT2D eigenvalue weighted by Crippen LogP contribution is 2.11. The first kappa shape index (κ1) is 12.9. The first-order valence-electron chi connectivity index (χ1n) is 6.46. The van der Waals surface area contributed by atoms with Crippen LogP contribution in [0.5, 0.6) is 0 Å². The van der Waals surface area contributed by atoms with E-state index in [0.29, 0.717) is 0 Å². The number of nitrogens with one attached hydrogen (secondary N) is 2. The number of anilines is 1. The lowest BCUT2D eigenvalue weighted by Crippen LogP contribution is -2.46. The third-order valence-electron chi connectivity index (χ3n) is 3.40. The summed E-state index contributed by atoms with van der Waals surface area (Å²) in [6.45, 7) is 2.07. The summed E-state index contributed by atoms with van der Waals surface area (Å²) >= 11 is 0. The molecule has 4 heteroatoms. The number of rotatable bonds is 3. The van der Waals surface area contributed by atoms with E-state index >= 15 is 0 Å². The van der Waals surface area contributed by atoms with Crippen molar-refractivity contribution >= 4 is 11.6 Å². The van der Waals surface area contributed by atoms with Gasteiger partial charge in [-0.25, -0.2) is 0 Å². The number of nitrogens with zero attached hydrogens (tertiary/aromatic N) is 1. The SMILES string of the molecule is CNc1ccc(C(=O)NC2CCCN(C)C2)cc1. The van der Waals surface area contributed by atoms with Crippen LogP contribution in [-0.4, -0.2) is 44.0 Å². The van der Waals surface area contributed by atoms with Gasteiger partial charge in [0, 0.05) is 30.9 Å². The van der Waals surface area contributed by atoms with Crippen molar-refractivity contribution in [3.05, 3.63) is 29.8 Å². The molecule has 0 radical (unpaired) electrons. The van der Waals surface area contributed by atoms with Crippen molar-refractivity contribution in [2.24, 2.45) is 0 Å². The molecule has 1 fully saturated rings. The van der Waals surface area contributed by atoms with Gasteiger partial charge in [-0.2, -0.15) is 0 Å². The number of hydrogen-bond acceptors (Lipinski definition) is 3. The molecular weight excluding hydrogens is 226 g/mol. The fourth-order valence-electron chi connectivity index (χ4n) is 2.34. The van der Waals surface area contributed by atoms with Crippen LogP contribution in [0.1, 0.15) is 23.2 Å². The maximum atomic E-state index is 12.1. The molecule has 1 heterocycles. The molecule has 0 aliphatic carbocycles. The minimum absolute atomic E-state index is 0.0259. The summed E-state index contributed by atoms with van der Waals surface area (Å²) in [6.07, 6.45) is 2.23. The molecule has 1 amide bonds. The van der Waals surface area contributed by atoms with E-state index in [4.69, 9.17) is 0 Å². The average molecular weight is 247 g/mol. The average Bonchev–Trinajstić information content (AvgIpc) is 2.39. The molecule has 98 valence electrons. The number of piperidine rings is 1. The van der Waals surface area contributed by atoms with Gasteiger partial charge in [-0.05, 0) is 50.7 Å². The quantitative estimate of drug-likeness (QED) is 0.852. The van der Waals surface area contributed by atoms with Crippen LogP contribution in [-0.2, 0) is 0 Å². The largest absolute Gasteiger partial charge is 0.388 e. The topological polar surface area (TPSA) is 44.4 Å². The van der Waals surface area contributed by atoms with Crippen LogP contribution in [0.4, 0.5) is 5.69 Å². The Kier molecular flexibility index (Phi) is 4.20. The molecule has 1 aliphatic rings. The normalized spacial score (nSPS) is 20.4. The summed E-state index contributed by atoms with van der Waals surface area (Å²) in [5.41, 5.74) is 1.74. The Balaban J connectivity index is 1.94. The van der Waals surface area contributed by atoms with Gasteiger partial charge in [0.15, 0.2) is 0 Å². The van der Waals surface area contributed by atoms with Crippen LogP contribution >= 0.6 is 0 Å². The second-order valence-corrected chi connectivity index (χ2v) is 4.90. The summed E-state index contributed by atoms with van der Waals surface area (Å²) in [6, 6.07) is 7.82. The van der Waals surface area contributed by atoms with E-state index < -0.39 is 0 Å². The molecule has 1 unspecified atom stereocenters. The highest BCUT2D eigenvalue weighted by Gasteiger charge is 2.19. The minimum atomic E-state index is 0.0259. The molecular formula is C14H21N3O. The van der Waals surface area contributed by atoms with Gasteiger partial charge in [0.1, 0.15) is 0 Å². The molecule has 0 spiro atoms. The monoisotopic (exact) mass is 247 g/mol. The molecule has 1 aliphatic heterocycles. The highest BCUT2D eigenvalue weighted by atomic mass is 16.1. The Bertz CT molecular complexity index is 402. The Morgan fingerprint density at radius 3 is 2.67 bits per heavy atom. The van der Waals surface area contributed by atoms with Crippen LogP contribution < -0.4 is 10.6 Å². The zero-order valence-corrected chi connectivity index (χ0v) is 11.1. The minimum Gasteiger partial charge on any atom is -0.388 e. The lowest BCUT2D eigenvalue weighted by molar-refractivity contribution is 0.0912. The third kappa shape index (κ3) is 3.23. The molecule has 1 aromatic rings. The number of benzene rings is 1. The van der Waals surface area contributed by atoms with E-state index in [2.05, 4.69) is 22.6 Å². The fraction of sp³-hybridized carbons (Fsp3) is 0.500. The number of likely N-dealkylation sites (N-methyl/N-ethyl adjacent to an activating group) is 1. The number of amides is 1. The smallest absolute Gasteiger partial charge is 0.251 e. The van der Waals surface area contributed by atoms with Gasteiger partial charge in [-0.3, -0.25) is 4.79 Å². The van der Waals surface area contributed by atoms with Gasteiger partial charge in [0.05, 0.1) is 0 Å². The molecule has 0 saturated carbocycles. The standard InChI is InChI=1S/C14H21N3O/c1-15-12-7-5-11(6-8-12)14(18)16-13-4-3-9-17(2)10-13/h5-8,13,15H,3-4,9-10H2,1-2H3,(H,16,18). The molecule has 2 rings (SSSR count). The van der Waals surface area contributed by atoms with Crippen molar-refractivity contribution in [2.45, 2.75) is 18.9 Å². The Morgan fingerprint density at radius 2 is 2.06 bits per heavy atom. The Morgan fingerprint density at radius 1 is 1.33 bits per heavy atom. The molecule has 1 aromatic carbocycles. The van der Waals surface area contributed by atoms with Gasteiger partial charge in [-0.15, -0.1) is 0 Å². The highest BCUT2D eigenvalue weighted by molar-refractivity contribution is 5.94.